The maximum Gasteiger partial charge on any atom is 0.322 e. The Morgan fingerprint density at radius 2 is 1.54 bits per heavy atom. The Morgan fingerprint density at radius 1 is 0.847 bits per heavy atom. The minimum absolute atomic E-state index is 0.0128. The van der Waals surface area contributed by atoms with Gasteiger partial charge in [-0.3, -0.25) is 24.0 Å². The van der Waals surface area contributed by atoms with Crippen LogP contribution in [0.2, 0.25) is 0 Å². The van der Waals surface area contributed by atoms with Crippen molar-refractivity contribution in [1.29, 1.82) is 0 Å². The quantitative estimate of drug-likeness (QED) is 0.0179. The SMILES string of the molecule is [C-]#[N+]C(C)(CCC(=O)CCCOCCOCCC(=O)CCCCCCO[C@@H]1O[C@H](CO)[C@H](O)[C@H](O)[C@H]1NC(C)=O)CC(C)(CC(C)(SC(=S)SCC)C(=O)OCCOC)C(=O)OCCSSc1ccccn1. The largest absolute Gasteiger partial charge is 0.464 e. The number of carbonyl (C=O) groups is 5. The third kappa shape index (κ3) is 25.9. The molecule has 1 aliphatic rings. The van der Waals surface area contributed by atoms with E-state index in [4.69, 9.17) is 51.9 Å². The number of nitrogens with zero attached hydrogens (tertiary/aromatic N) is 2. The molecule has 0 saturated carbocycles. The molecular formula is C49H77N3O15S5. The molecule has 0 spiro atoms. The molecule has 18 nitrogen and oxygen atoms in total. The van der Waals surface area contributed by atoms with E-state index in [0.717, 1.165) is 29.6 Å². The molecule has 1 amide bonds. The summed E-state index contributed by atoms with van der Waals surface area (Å²) in [5, 5.41) is 33.3. The number of carbonyl (C=O) groups excluding carboxylic acids is 5. The predicted molar refractivity (Wildman–Crippen MR) is 285 cm³/mol. The molecule has 1 fully saturated rings. The lowest BCUT2D eigenvalue weighted by atomic mass is 9.71. The number of esters is 2. The van der Waals surface area contributed by atoms with Gasteiger partial charge in [0.2, 0.25) is 11.4 Å². The summed E-state index contributed by atoms with van der Waals surface area (Å²) in [6.45, 7) is 17.8. The van der Waals surface area contributed by atoms with Crippen LogP contribution in [0.3, 0.4) is 0 Å². The highest BCUT2D eigenvalue weighted by molar-refractivity contribution is 8.76. The number of ketones is 2. The summed E-state index contributed by atoms with van der Waals surface area (Å²) in [5.41, 5.74) is -2.50. The minimum atomic E-state index is -1.38. The zero-order valence-electron chi connectivity index (χ0n) is 42.6. The van der Waals surface area contributed by atoms with Crippen molar-refractivity contribution in [2.75, 3.05) is 78.1 Å². The third-order valence-corrected chi connectivity index (χ3v) is 16.3. The fourth-order valence-corrected chi connectivity index (χ4v) is 12.7. The molecule has 2 heterocycles. The number of methoxy groups -OCH3 is 1. The van der Waals surface area contributed by atoms with Gasteiger partial charge in [0.05, 0.1) is 38.4 Å². The van der Waals surface area contributed by atoms with Gasteiger partial charge in [0.15, 0.2) is 6.29 Å². The summed E-state index contributed by atoms with van der Waals surface area (Å²) in [5.74, 6) is -0.343. The standard InChI is InChI=1S/C49H77N3O15S5/c1-8-69-46(68)71-49(5,45(60)65-29-26-61-7)34-47(3,44(59)66-30-31-70-72-39-18-12-13-22-51-39)33-48(4,50-6)21-19-36(55)17-15-23-62-27-28-63-25-20-37(56)16-11-9-10-14-24-64-43-40(52-35(2)54)42(58)41(57)38(32-53)67-43/h12-13,18,22,38,40-43,53,57-58H,8-11,14-17,19-21,23-34H2,1-5,7H3,(H,52,54)/t38-,40-,41+,42-,43-,47?,48?,49?/m1/s1. The number of hydrogen-bond donors (Lipinski definition) is 4. The number of Topliss-reactive ketones (excluding diaryl/α,β-unsaturated/α-hetero) is 2. The van der Waals surface area contributed by atoms with Crippen LogP contribution in [0.25, 0.3) is 4.85 Å². The second-order valence-corrected chi connectivity index (χ2v) is 24.4. The molecule has 23 heteroatoms. The number of thiocarbonyl (C=S) groups is 1. The average Bonchev–Trinajstić information content (AvgIpc) is 3.34. The van der Waals surface area contributed by atoms with Gasteiger partial charge < -0.3 is 58.6 Å². The number of unbranched alkanes of at least 4 members (excludes halogenated alkanes) is 3. The van der Waals surface area contributed by atoms with Crippen molar-refractivity contribution in [3.05, 3.63) is 35.8 Å². The molecule has 1 aromatic heterocycles. The van der Waals surface area contributed by atoms with E-state index in [-0.39, 0.29) is 83.1 Å². The molecule has 1 aromatic rings. The first-order valence-electron chi connectivity index (χ1n) is 24.3. The average molecular weight is 1110 g/mol. The highest BCUT2D eigenvalue weighted by Crippen LogP contribution is 2.47. The van der Waals surface area contributed by atoms with Crippen LogP contribution in [-0.4, -0.2) is 172 Å². The van der Waals surface area contributed by atoms with Crippen LogP contribution in [-0.2, 0) is 57.1 Å². The van der Waals surface area contributed by atoms with Crippen molar-refractivity contribution in [1.82, 2.24) is 10.3 Å². The maximum atomic E-state index is 14.2. The molecule has 408 valence electrons. The van der Waals surface area contributed by atoms with Gasteiger partial charge >= 0.3 is 11.9 Å². The summed E-state index contributed by atoms with van der Waals surface area (Å²) in [7, 11) is 4.45. The van der Waals surface area contributed by atoms with Gasteiger partial charge in [-0.05, 0) is 68.2 Å². The Labute approximate surface area is 447 Å². The normalized spacial score (nSPS) is 20.2. The van der Waals surface area contributed by atoms with E-state index in [1.54, 1.807) is 27.0 Å². The van der Waals surface area contributed by atoms with Crippen LogP contribution in [0.4, 0.5) is 0 Å². The van der Waals surface area contributed by atoms with Crippen LogP contribution >= 0.6 is 57.3 Å². The molecule has 1 aliphatic heterocycles. The summed E-state index contributed by atoms with van der Waals surface area (Å²) >= 11 is 8.19. The van der Waals surface area contributed by atoms with Crippen molar-refractivity contribution in [2.24, 2.45) is 5.41 Å². The van der Waals surface area contributed by atoms with Crippen molar-refractivity contribution in [3.63, 3.8) is 0 Å². The van der Waals surface area contributed by atoms with Crippen LogP contribution in [0.5, 0.6) is 0 Å². The van der Waals surface area contributed by atoms with E-state index in [0.29, 0.717) is 60.5 Å². The van der Waals surface area contributed by atoms with E-state index in [2.05, 4.69) is 15.1 Å². The predicted octanol–water partition coefficient (Wildman–Crippen LogP) is 6.58. The molecule has 2 rings (SSSR count). The third-order valence-electron chi connectivity index (χ3n) is 11.4. The van der Waals surface area contributed by atoms with Gasteiger partial charge in [0.1, 0.15) is 62.4 Å². The monoisotopic (exact) mass is 1110 g/mol. The van der Waals surface area contributed by atoms with Crippen LogP contribution in [0, 0.1) is 12.0 Å². The molecule has 3 unspecified atom stereocenters. The Bertz CT molecular complexity index is 1840. The molecule has 4 N–H and O–H groups in total. The number of nitrogens with one attached hydrogen (secondary N) is 1. The molecule has 72 heavy (non-hydrogen) atoms. The van der Waals surface area contributed by atoms with E-state index < -0.39 is 70.8 Å². The van der Waals surface area contributed by atoms with Gasteiger partial charge in [0.25, 0.3) is 0 Å². The second kappa shape index (κ2) is 36.5. The number of pyridine rings is 1. The molecule has 8 atom stereocenters. The van der Waals surface area contributed by atoms with Gasteiger partial charge in [0, 0.05) is 84.6 Å². The lowest BCUT2D eigenvalue weighted by Crippen LogP contribution is -2.64. The summed E-state index contributed by atoms with van der Waals surface area (Å²) in [6.07, 6.45) is 1.48. The Balaban J connectivity index is 1.78. The highest BCUT2D eigenvalue weighted by Gasteiger charge is 2.52. The smallest absolute Gasteiger partial charge is 0.322 e. The van der Waals surface area contributed by atoms with Crippen LogP contribution in [0.15, 0.2) is 29.4 Å². The Hall–Kier alpha value is -2.44. The first-order valence-corrected chi connectivity index (χ1v) is 28.9. The van der Waals surface area contributed by atoms with E-state index in [9.17, 15) is 39.3 Å². The van der Waals surface area contributed by atoms with Crippen molar-refractivity contribution in [3.8, 4) is 0 Å². The van der Waals surface area contributed by atoms with E-state index in [1.165, 1.54) is 47.4 Å². The van der Waals surface area contributed by atoms with Crippen molar-refractivity contribution in [2.45, 2.75) is 158 Å². The van der Waals surface area contributed by atoms with Gasteiger partial charge in [-0.15, -0.1) is 11.8 Å². The first kappa shape index (κ1) is 65.7. The molecule has 1 saturated heterocycles. The lowest BCUT2D eigenvalue weighted by Gasteiger charge is -2.42. The van der Waals surface area contributed by atoms with Crippen LogP contribution in [0.1, 0.15) is 112 Å². The van der Waals surface area contributed by atoms with E-state index in [1.807, 2.05) is 25.1 Å². The number of aliphatic hydroxyl groups is 3. The number of aromatic nitrogens is 1. The number of thioether (sulfide) groups is 2. The fourth-order valence-electron chi connectivity index (χ4n) is 7.80. The fraction of sp³-hybridized carbons (Fsp3) is 0.755. The number of aliphatic hydroxyl groups excluding tert-OH is 3. The lowest BCUT2D eigenvalue weighted by molar-refractivity contribution is -0.270. The van der Waals surface area contributed by atoms with Gasteiger partial charge in [-0.1, -0.05) is 60.6 Å². The maximum absolute atomic E-state index is 14.2. The van der Waals surface area contributed by atoms with Gasteiger partial charge in [-0.25, -0.2) is 11.6 Å². The minimum Gasteiger partial charge on any atom is -0.464 e. The number of ether oxygens (including phenoxy) is 7. The number of rotatable bonds is 39. The zero-order chi connectivity index (χ0) is 53.4. The summed E-state index contributed by atoms with van der Waals surface area (Å²) in [4.78, 5) is 73.2. The number of amides is 1. The second-order valence-electron chi connectivity index (χ2n) is 18.0. The molecular weight excluding hydrogens is 1030 g/mol. The number of hydrogen-bond acceptors (Lipinski definition) is 21. The zero-order valence-corrected chi connectivity index (χ0v) is 46.7. The molecule has 0 radical (unpaired) electrons. The topological polar surface area (TPSA) is 240 Å². The van der Waals surface area contributed by atoms with Gasteiger partial charge in [-0.2, -0.15) is 0 Å². The summed E-state index contributed by atoms with van der Waals surface area (Å²) < 4.78 is 38.3. The highest BCUT2D eigenvalue weighted by atomic mass is 33.1. The first-order chi connectivity index (χ1) is 34.4. The van der Waals surface area contributed by atoms with E-state index >= 15 is 0 Å². The van der Waals surface area contributed by atoms with Crippen molar-refractivity contribution >= 4 is 90.3 Å². The molecule has 0 bridgehead atoms. The Kier molecular flexibility index (Phi) is 33.3. The van der Waals surface area contributed by atoms with Crippen molar-refractivity contribution < 1.29 is 72.5 Å². The Morgan fingerprint density at radius 3 is 2.21 bits per heavy atom. The molecule has 0 aliphatic carbocycles. The molecule has 0 aromatic carbocycles. The summed E-state index contributed by atoms with van der Waals surface area (Å²) in [6, 6.07) is 4.62. The van der Waals surface area contributed by atoms with Crippen LogP contribution < -0.4 is 5.32 Å².